The maximum absolute atomic E-state index is 5.80. The number of aliphatic imine (C=N–C) groups is 1. The molecular formula is C19H23ClN4O. The summed E-state index contributed by atoms with van der Waals surface area (Å²) in [6.07, 6.45) is 3.68. The molecule has 2 aromatic rings. The van der Waals surface area contributed by atoms with E-state index in [0.717, 1.165) is 49.8 Å². The number of rotatable bonds is 5. The highest BCUT2D eigenvalue weighted by atomic mass is 35.5. The van der Waals surface area contributed by atoms with Gasteiger partial charge in [-0.1, -0.05) is 35.9 Å². The van der Waals surface area contributed by atoms with Crippen LogP contribution in [-0.4, -0.2) is 37.7 Å². The second-order valence-corrected chi connectivity index (χ2v) is 6.38. The summed E-state index contributed by atoms with van der Waals surface area (Å²) >= 11 is 5.80. The van der Waals surface area contributed by atoms with Gasteiger partial charge >= 0.3 is 0 Å². The van der Waals surface area contributed by atoms with Gasteiger partial charge in [0, 0.05) is 32.3 Å². The van der Waals surface area contributed by atoms with Crippen LogP contribution in [0.2, 0.25) is 5.15 Å². The van der Waals surface area contributed by atoms with Crippen molar-refractivity contribution in [2.75, 3.05) is 26.7 Å². The predicted octanol–water partition coefficient (Wildman–Crippen LogP) is 3.01. The van der Waals surface area contributed by atoms with E-state index >= 15 is 0 Å². The summed E-state index contributed by atoms with van der Waals surface area (Å²) in [6.45, 7) is 2.38. The van der Waals surface area contributed by atoms with Crippen LogP contribution in [0.1, 0.15) is 23.5 Å². The zero-order chi connectivity index (χ0) is 17.5. The largest absolute Gasteiger partial charge is 0.493 e. The van der Waals surface area contributed by atoms with Crippen molar-refractivity contribution in [3.05, 3.63) is 58.9 Å². The molecule has 2 N–H and O–H groups in total. The van der Waals surface area contributed by atoms with Gasteiger partial charge in [0.15, 0.2) is 5.96 Å². The molecular weight excluding hydrogens is 336 g/mol. The molecule has 1 atom stereocenters. The number of hydrogen-bond acceptors (Lipinski definition) is 3. The lowest BCUT2D eigenvalue weighted by molar-refractivity contribution is 0.267. The fourth-order valence-electron chi connectivity index (χ4n) is 2.95. The van der Waals surface area contributed by atoms with Crippen molar-refractivity contribution in [2.24, 2.45) is 4.99 Å². The second-order valence-electron chi connectivity index (χ2n) is 5.99. The summed E-state index contributed by atoms with van der Waals surface area (Å²) in [5, 5.41) is 7.28. The Morgan fingerprint density at radius 2 is 2.16 bits per heavy atom. The Bertz CT molecular complexity index is 718. The molecule has 0 saturated carbocycles. The van der Waals surface area contributed by atoms with Crippen molar-refractivity contribution in [2.45, 2.75) is 18.8 Å². The summed E-state index contributed by atoms with van der Waals surface area (Å²) in [5.41, 5.74) is 2.41. The lowest BCUT2D eigenvalue weighted by Gasteiger charge is -2.26. The van der Waals surface area contributed by atoms with Crippen LogP contribution in [0, 0.1) is 0 Å². The molecule has 25 heavy (non-hydrogen) atoms. The molecule has 0 radical (unpaired) electrons. The summed E-state index contributed by atoms with van der Waals surface area (Å²) in [6, 6.07) is 12.1. The fourth-order valence-corrected chi connectivity index (χ4v) is 3.06. The maximum atomic E-state index is 5.80. The van der Waals surface area contributed by atoms with E-state index in [0.29, 0.717) is 11.1 Å². The van der Waals surface area contributed by atoms with Gasteiger partial charge in [-0.2, -0.15) is 0 Å². The predicted molar refractivity (Wildman–Crippen MR) is 102 cm³/mol. The zero-order valence-corrected chi connectivity index (χ0v) is 15.1. The highest BCUT2D eigenvalue weighted by molar-refractivity contribution is 6.29. The number of fused-ring (bicyclic) bond motifs is 1. The average molecular weight is 359 g/mol. The quantitative estimate of drug-likeness (QED) is 0.490. The Labute approximate surface area is 153 Å². The fraction of sp³-hybridized carbons (Fsp3) is 0.368. The molecule has 3 rings (SSSR count). The van der Waals surface area contributed by atoms with Gasteiger partial charge in [0.05, 0.1) is 6.61 Å². The molecule has 6 heteroatoms. The number of nitrogens with one attached hydrogen (secondary N) is 2. The van der Waals surface area contributed by atoms with Crippen molar-refractivity contribution in [1.82, 2.24) is 15.6 Å². The molecule has 1 aromatic heterocycles. The highest BCUT2D eigenvalue weighted by Crippen LogP contribution is 2.32. The third kappa shape index (κ3) is 4.86. The van der Waals surface area contributed by atoms with E-state index in [1.54, 1.807) is 13.2 Å². The van der Waals surface area contributed by atoms with E-state index in [1.165, 1.54) is 5.56 Å². The number of aromatic nitrogens is 1. The van der Waals surface area contributed by atoms with Gasteiger partial charge in [-0.15, -0.1) is 0 Å². The van der Waals surface area contributed by atoms with Gasteiger partial charge in [0.1, 0.15) is 10.9 Å². The van der Waals surface area contributed by atoms with E-state index in [2.05, 4.69) is 32.7 Å². The van der Waals surface area contributed by atoms with Gasteiger partial charge < -0.3 is 15.4 Å². The number of ether oxygens (including phenoxy) is 1. The van der Waals surface area contributed by atoms with E-state index < -0.39 is 0 Å². The molecule has 0 fully saturated rings. The lowest BCUT2D eigenvalue weighted by atomic mass is 9.93. The van der Waals surface area contributed by atoms with Gasteiger partial charge in [0.2, 0.25) is 0 Å². The third-order valence-electron chi connectivity index (χ3n) is 4.32. The highest BCUT2D eigenvalue weighted by Gasteiger charge is 2.20. The molecule has 0 bridgehead atoms. The van der Waals surface area contributed by atoms with E-state index in [4.69, 9.17) is 16.3 Å². The molecule has 1 aliphatic rings. The average Bonchev–Trinajstić information content (AvgIpc) is 2.66. The van der Waals surface area contributed by atoms with Crippen molar-refractivity contribution in [3.63, 3.8) is 0 Å². The Balaban J connectivity index is 1.48. The van der Waals surface area contributed by atoms with Crippen LogP contribution < -0.4 is 15.4 Å². The number of benzene rings is 1. The maximum Gasteiger partial charge on any atom is 0.191 e. The minimum Gasteiger partial charge on any atom is -0.493 e. The van der Waals surface area contributed by atoms with Crippen LogP contribution in [-0.2, 0) is 6.42 Å². The van der Waals surface area contributed by atoms with Crippen LogP contribution in [0.4, 0.5) is 0 Å². The van der Waals surface area contributed by atoms with Crippen molar-refractivity contribution >= 4 is 17.6 Å². The first-order valence-corrected chi connectivity index (χ1v) is 8.90. The summed E-state index contributed by atoms with van der Waals surface area (Å²) < 4.78 is 5.72. The molecule has 1 unspecified atom stereocenters. The Kier molecular flexibility index (Phi) is 6.12. The van der Waals surface area contributed by atoms with Crippen molar-refractivity contribution in [3.8, 4) is 5.75 Å². The number of halogens is 1. The number of nitrogens with zero attached hydrogens (tertiary/aromatic N) is 2. The number of pyridine rings is 1. The molecule has 0 spiro atoms. The normalized spacial score (nSPS) is 16.7. The van der Waals surface area contributed by atoms with E-state index in [9.17, 15) is 0 Å². The minimum atomic E-state index is 0.434. The molecule has 0 amide bonds. The number of hydrogen-bond donors (Lipinski definition) is 2. The van der Waals surface area contributed by atoms with Crippen LogP contribution >= 0.6 is 11.6 Å². The SMILES string of the molecule is CN=C(NCCc1ccc(Cl)nc1)NCC1CCOc2ccccc21. The molecule has 5 nitrogen and oxygen atoms in total. The second kappa shape index (κ2) is 8.72. The third-order valence-corrected chi connectivity index (χ3v) is 4.54. The molecule has 2 heterocycles. The Morgan fingerprint density at radius 3 is 2.96 bits per heavy atom. The van der Waals surface area contributed by atoms with Gasteiger partial charge in [-0.3, -0.25) is 4.99 Å². The first kappa shape index (κ1) is 17.5. The molecule has 0 saturated heterocycles. The number of para-hydroxylation sites is 1. The monoisotopic (exact) mass is 358 g/mol. The van der Waals surface area contributed by atoms with Crippen molar-refractivity contribution < 1.29 is 4.74 Å². The topological polar surface area (TPSA) is 58.5 Å². The molecule has 132 valence electrons. The minimum absolute atomic E-state index is 0.434. The van der Waals surface area contributed by atoms with E-state index in [1.807, 2.05) is 24.3 Å². The Hall–Kier alpha value is -2.27. The van der Waals surface area contributed by atoms with Crippen molar-refractivity contribution in [1.29, 1.82) is 0 Å². The van der Waals surface area contributed by atoms with Crippen LogP contribution in [0.15, 0.2) is 47.6 Å². The smallest absolute Gasteiger partial charge is 0.191 e. The lowest BCUT2D eigenvalue weighted by Crippen LogP contribution is -2.40. The molecule has 1 aromatic carbocycles. The molecule has 1 aliphatic heterocycles. The first-order valence-electron chi connectivity index (χ1n) is 8.53. The van der Waals surface area contributed by atoms with Gasteiger partial charge in [0.25, 0.3) is 0 Å². The van der Waals surface area contributed by atoms with Gasteiger partial charge in [-0.25, -0.2) is 4.98 Å². The summed E-state index contributed by atoms with van der Waals surface area (Å²) in [7, 11) is 1.79. The summed E-state index contributed by atoms with van der Waals surface area (Å²) in [4.78, 5) is 8.40. The van der Waals surface area contributed by atoms with Crippen LogP contribution in [0.5, 0.6) is 5.75 Å². The standard InChI is InChI=1S/C19H23ClN4O/c1-21-19(22-10-8-14-6-7-18(20)23-12-14)24-13-15-9-11-25-17-5-3-2-4-16(15)17/h2-7,12,15H,8-11,13H2,1H3,(H2,21,22,24). The van der Waals surface area contributed by atoms with Gasteiger partial charge in [-0.05, 0) is 36.1 Å². The Morgan fingerprint density at radius 1 is 1.28 bits per heavy atom. The zero-order valence-electron chi connectivity index (χ0n) is 14.3. The first-order chi connectivity index (χ1) is 12.3. The van der Waals surface area contributed by atoms with Crippen LogP contribution in [0.3, 0.4) is 0 Å². The van der Waals surface area contributed by atoms with Crippen LogP contribution in [0.25, 0.3) is 0 Å². The van der Waals surface area contributed by atoms with E-state index in [-0.39, 0.29) is 0 Å². The molecule has 0 aliphatic carbocycles. The number of guanidine groups is 1. The summed E-state index contributed by atoms with van der Waals surface area (Å²) in [5.74, 6) is 2.24.